The molecule has 0 N–H and O–H groups in total. The van der Waals surface area contributed by atoms with E-state index in [0.29, 0.717) is 5.88 Å². The maximum Gasteiger partial charge on any atom is 0.142 e. The Bertz CT molecular complexity index is 568. The number of hydrogen-bond acceptors (Lipinski definition) is 2. The molecule has 3 heteroatoms. The summed E-state index contributed by atoms with van der Waals surface area (Å²) in [6, 6.07) is 14.3. The van der Waals surface area contributed by atoms with Gasteiger partial charge in [0.2, 0.25) is 0 Å². The van der Waals surface area contributed by atoms with Gasteiger partial charge in [-0.05, 0) is 36.2 Å². The van der Waals surface area contributed by atoms with Gasteiger partial charge in [-0.3, -0.25) is 0 Å². The van der Waals surface area contributed by atoms with Crippen molar-refractivity contribution in [1.82, 2.24) is 0 Å². The Morgan fingerprint density at radius 1 is 1.11 bits per heavy atom. The monoisotopic (exact) mass is 275 g/mol. The molecule has 0 aromatic heterocycles. The Labute approximate surface area is 119 Å². The van der Waals surface area contributed by atoms with E-state index in [-0.39, 0.29) is 0 Å². The lowest BCUT2D eigenvalue weighted by Gasteiger charge is -2.23. The minimum atomic E-state index is 0.541. The summed E-state index contributed by atoms with van der Waals surface area (Å²) in [5.74, 6) is 1.41. The number of anilines is 2. The van der Waals surface area contributed by atoms with Gasteiger partial charge in [-0.15, -0.1) is 11.6 Å². The highest BCUT2D eigenvalue weighted by molar-refractivity contribution is 6.17. The number of methoxy groups -OCH3 is 1. The van der Waals surface area contributed by atoms with E-state index in [2.05, 4.69) is 30.0 Å². The van der Waals surface area contributed by atoms with Gasteiger partial charge in [0, 0.05) is 18.6 Å². The van der Waals surface area contributed by atoms with Gasteiger partial charge in [0.25, 0.3) is 0 Å². The summed E-state index contributed by atoms with van der Waals surface area (Å²) in [6.07, 6.45) is 0. The van der Waals surface area contributed by atoms with Crippen LogP contribution in [0.1, 0.15) is 11.1 Å². The van der Waals surface area contributed by atoms with E-state index in [1.807, 2.05) is 31.3 Å². The zero-order chi connectivity index (χ0) is 13.8. The number of aryl methyl sites for hydroxylation is 1. The molecule has 0 unspecified atom stereocenters. The molecular formula is C16H18ClNO. The molecule has 0 saturated carbocycles. The van der Waals surface area contributed by atoms with E-state index in [9.17, 15) is 0 Å². The minimum Gasteiger partial charge on any atom is -0.495 e. The molecular weight excluding hydrogens is 258 g/mol. The SMILES string of the molecule is COc1ccccc1N(C)c1ccc(CCl)cc1C. The van der Waals surface area contributed by atoms with Crippen LogP contribution in [0.5, 0.6) is 5.75 Å². The number of benzene rings is 2. The average Bonchev–Trinajstić information content (AvgIpc) is 2.46. The first-order chi connectivity index (χ1) is 9.17. The Morgan fingerprint density at radius 2 is 1.84 bits per heavy atom. The average molecular weight is 276 g/mol. The highest BCUT2D eigenvalue weighted by Gasteiger charge is 2.11. The fraction of sp³-hybridized carbons (Fsp3) is 0.250. The van der Waals surface area contributed by atoms with E-state index in [1.54, 1.807) is 7.11 Å². The Hall–Kier alpha value is -1.67. The summed E-state index contributed by atoms with van der Waals surface area (Å²) in [5, 5.41) is 0. The number of ether oxygens (including phenoxy) is 1. The van der Waals surface area contributed by atoms with Crippen molar-refractivity contribution in [2.24, 2.45) is 0 Å². The van der Waals surface area contributed by atoms with Crippen LogP contribution in [-0.4, -0.2) is 14.2 Å². The summed E-state index contributed by atoms with van der Waals surface area (Å²) in [4.78, 5) is 2.13. The normalized spacial score (nSPS) is 10.3. The van der Waals surface area contributed by atoms with Crippen molar-refractivity contribution in [2.45, 2.75) is 12.8 Å². The van der Waals surface area contributed by atoms with E-state index in [4.69, 9.17) is 16.3 Å². The predicted molar refractivity (Wildman–Crippen MR) is 81.8 cm³/mol. The van der Waals surface area contributed by atoms with Crippen molar-refractivity contribution >= 4 is 23.0 Å². The van der Waals surface area contributed by atoms with Gasteiger partial charge in [-0.2, -0.15) is 0 Å². The van der Waals surface area contributed by atoms with Crippen LogP contribution >= 0.6 is 11.6 Å². The van der Waals surface area contributed by atoms with Crippen LogP contribution in [-0.2, 0) is 5.88 Å². The largest absolute Gasteiger partial charge is 0.495 e. The first kappa shape index (κ1) is 13.8. The minimum absolute atomic E-state index is 0.541. The van der Waals surface area contributed by atoms with E-state index >= 15 is 0 Å². The predicted octanol–water partition coefficient (Wildman–Crippen LogP) is 4.51. The number of halogens is 1. The van der Waals surface area contributed by atoms with Crippen LogP contribution < -0.4 is 9.64 Å². The van der Waals surface area contributed by atoms with Crippen LogP contribution in [0.25, 0.3) is 0 Å². The first-order valence-corrected chi connectivity index (χ1v) is 6.73. The van der Waals surface area contributed by atoms with E-state index in [1.165, 1.54) is 5.56 Å². The third kappa shape index (κ3) is 2.85. The number of para-hydroxylation sites is 2. The highest BCUT2D eigenvalue weighted by atomic mass is 35.5. The number of rotatable bonds is 4. The molecule has 19 heavy (non-hydrogen) atoms. The second kappa shape index (κ2) is 5.98. The second-order valence-corrected chi connectivity index (χ2v) is 4.75. The van der Waals surface area contributed by atoms with Crippen LogP contribution in [0.3, 0.4) is 0 Å². The van der Waals surface area contributed by atoms with E-state index < -0.39 is 0 Å². The standard InChI is InChI=1S/C16H18ClNO/c1-12-10-13(11-17)8-9-14(12)18(2)15-6-4-5-7-16(15)19-3/h4-10H,11H2,1-3H3. The van der Waals surface area contributed by atoms with Gasteiger partial charge in [0.05, 0.1) is 12.8 Å². The molecule has 0 aliphatic rings. The number of nitrogens with zero attached hydrogens (tertiary/aromatic N) is 1. The zero-order valence-corrected chi connectivity index (χ0v) is 12.2. The lowest BCUT2D eigenvalue weighted by Crippen LogP contribution is -2.12. The van der Waals surface area contributed by atoms with Crippen molar-refractivity contribution in [1.29, 1.82) is 0 Å². The number of hydrogen-bond donors (Lipinski definition) is 0. The molecule has 0 heterocycles. The van der Waals surface area contributed by atoms with Crippen molar-refractivity contribution in [3.8, 4) is 5.75 Å². The quantitative estimate of drug-likeness (QED) is 0.761. The molecule has 0 atom stereocenters. The van der Waals surface area contributed by atoms with Crippen molar-refractivity contribution in [3.05, 3.63) is 53.6 Å². The molecule has 2 aromatic carbocycles. The summed E-state index contributed by atoms with van der Waals surface area (Å²) in [5.41, 5.74) is 4.54. The van der Waals surface area contributed by atoms with Crippen LogP contribution in [0.2, 0.25) is 0 Å². The fourth-order valence-electron chi connectivity index (χ4n) is 2.21. The topological polar surface area (TPSA) is 12.5 Å². The van der Waals surface area contributed by atoms with Gasteiger partial charge in [0.1, 0.15) is 5.75 Å². The lowest BCUT2D eigenvalue weighted by molar-refractivity contribution is 0.415. The van der Waals surface area contributed by atoms with Gasteiger partial charge in [0.15, 0.2) is 0 Å². The molecule has 0 aliphatic carbocycles. The molecule has 0 amide bonds. The van der Waals surface area contributed by atoms with Gasteiger partial charge < -0.3 is 9.64 Å². The molecule has 0 bridgehead atoms. The van der Waals surface area contributed by atoms with Crippen LogP contribution in [0, 0.1) is 6.92 Å². The number of alkyl halides is 1. The van der Waals surface area contributed by atoms with Crippen LogP contribution in [0.4, 0.5) is 11.4 Å². The van der Waals surface area contributed by atoms with Gasteiger partial charge in [-0.1, -0.05) is 24.3 Å². The van der Waals surface area contributed by atoms with Crippen molar-refractivity contribution in [2.75, 3.05) is 19.1 Å². The lowest BCUT2D eigenvalue weighted by atomic mass is 10.1. The Morgan fingerprint density at radius 3 is 2.47 bits per heavy atom. The van der Waals surface area contributed by atoms with Crippen LogP contribution in [0.15, 0.2) is 42.5 Å². The Balaban J connectivity index is 2.41. The van der Waals surface area contributed by atoms with Crippen molar-refractivity contribution in [3.63, 3.8) is 0 Å². The van der Waals surface area contributed by atoms with Gasteiger partial charge in [-0.25, -0.2) is 0 Å². The molecule has 2 nitrogen and oxygen atoms in total. The summed E-state index contributed by atoms with van der Waals surface area (Å²) < 4.78 is 5.41. The molecule has 100 valence electrons. The third-order valence-electron chi connectivity index (χ3n) is 3.22. The smallest absolute Gasteiger partial charge is 0.142 e. The maximum absolute atomic E-state index is 5.86. The molecule has 0 spiro atoms. The van der Waals surface area contributed by atoms with Crippen molar-refractivity contribution < 1.29 is 4.74 Å². The second-order valence-electron chi connectivity index (χ2n) is 4.49. The summed E-state index contributed by atoms with van der Waals surface area (Å²) >= 11 is 5.86. The summed E-state index contributed by atoms with van der Waals surface area (Å²) in [6.45, 7) is 2.09. The van der Waals surface area contributed by atoms with E-state index in [0.717, 1.165) is 22.7 Å². The highest BCUT2D eigenvalue weighted by Crippen LogP contribution is 2.34. The maximum atomic E-state index is 5.86. The molecule has 0 saturated heterocycles. The molecule has 2 aromatic rings. The molecule has 2 rings (SSSR count). The molecule has 0 radical (unpaired) electrons. The third-order valence-corrected chi connectivity index (χ3v) is 3.53. The van der Waals surface area contributed by atoms with Gasteiger partial charge >= 0.3 is 0 Å². The zero-order valence-electron chi connectivity index (χ0n) is 11.5. The Kier molecular flexibility index (Phi) is 4.33. The fourth-order valence-corrected chi connectivity index (χ4v) is 2.38. The summed E-state index contributed by atoms with van der Waals surface area (Å²) in [7, 11) is 3.73. The first-order valence-electron chi connectivity index (χ1n) is 6.19. The molecule has 0 fully saturated rings. The molecule has 0 aliphatic heterocycles.